The number of ketones is 1. The normalized spacial score (nSPS) is 25.4. The lowest BCUT2D eigenvalue weighted by Crippen LogP contribution is -2.41. The van der Waals surface area contributed by atoms with E-state index < -0.39 is 25.8 Å². The molecule has 172 valence electrons. The number of benzene rings is 1. The highest BCUT2D eigenvalue weighted by Gasteiger charge is 2.46. The number of rotatable bonds is 12. The molecule has 2 unspecified atom stereocenters. The van der Waals surface area contributed by atoms with Crippen molar-refractivity contribution in [2.75, 3.05) is 26.3 Å². The Bertz CT molecular complexity index is 800. The Morgan fingerprint density at radius 1 is 1.26 bits per heavy atom. The first-order chi connectivity index (χ1) is 14.8. The number of fused-ring (bicyclic) bond motifs is 2. The topological polar surface area (TPSA) is 94.2 Å². The summed E-state index contributed by atoms with van der Waals surface area (Å²) in [5, 5.41) is 2.69. The van der Waals surface area contributed by atoms with Gasteiger partial charge in [-0.2, -0.15) is 5.09 Å². The SMILES string of the molecule is CCC(CC)COC(=O)[C@H](C)NP(=O)(OC[C@@H]1C(=O)[C@H]2CCN1C2)Oc1ccccc1. The monoisotopic (exact) mass is 452 g/mol. The van der Waals surface area contributed by atoms with Gasteiger partial charge in [0.2, 0.25) is 0 Å². The summed E-state index contributed by atoms with van der Waals surface area (Å²) in [6.07, 6.45) is 2.69. The molecule has 2 aliphatic rings. The fourth-order valence-electron chi connectivity index (χ4n) is 3.96. The van der Waals surface area contributed by atoms with E-state index in [2.05, 4.69) is 5.09 Å². The smallest absolute Gasteiger partial charge is 0.459 e. The minimum atomic E-state index is -3.94. The van der Waals surface area contributed by atoms with Crippen LogP contribution in [0.5, 0.6) is 5.75 Å². The molecular weight excluding hydrogens is 419 g/mol. The van der Waals surface area contributed by atoms with Crippen molar-refractivity contribution in [3.63, 3.8) is 0 Å². The minimum absolute atomic E-state index is 0.0370. The molecule has 0 saturated carbocycles. The van der Waals surface area contributed by atoms with Gasteiger partial charge in [-0.1, -0.05) is 44.9 Å². The Kier molecular flexibility index (Phi) is 8.28. The van der Waals surface area contributed by atoms with Crippen molar-refractivity contribution in [3.8, 4) is 5.75 Å². The van der Waals surface area contributed by atoms with Crippen molar-refractivity contribution < 1.29 is 27.9 Å². The third kappa shape index (κ3) is 6.16. The summed E-state index contributed by atoms with van der Waals surface area (Å²) in [5.41, 5.74) is 0. The third-order valence-electron chi connectivity index (χ3n) is 6.08. The fraction of sp³-hybridized carbons (Fsp3) is 0.636. The number of nitrogens with zero attached hydrogens (tertiary/aromatic N) is 1. The van der Waals surface area contributed by atoms with Crippen LogP contribution in [0.2, 0.25) is 0 Å². The summed E-state index contributed by atoms with van der Waals surface area (Å²) >= 11 is 0. The predicted octanol–water partition coefficient (Wildman–Crippen LogP) is 3.42. The van der Waals surface area contributed by atoms with E-state index in [1.54, 1.807) is 31.2 Å². The van der Waals surface area contributed by atoms with Crippen LogP contribution in [0.4, 0.5) is 0 Å². The number of hydrogen-bond donors (Lipinski definition) is 1. The van der Waals surface area contributed by atoms with Gasteiger partial charge in [0.15, 0.2) is 5.78 Å². The number of nitrogens with one attached hydrogen (secondary N) is 1. The number of carbonyl (C=O) groups excluding carboxylic acids is 2. The van der Waals surface area contributed by atoms with E-state index in [1.807, 2.05) is 24.8 Å². The highest BCUT2D eigenvalue weighted by atomic mass is 31.2. The lowest BCUT2D eigenvalue weighted by molar-refractivity contribution is -0.146. The highest BCUT2D eigenvalue weighted by Crippen LogP contribution is 2.46. The predicted molar refractivity (Wildman–Crippen MR) is 117 cm³/mol. The number of piperidine rings is 1. The maximum absolute atomic E-state index is 13.5. The molecule has 0 amide bonds. The molecule has 8 nitrogen and oxygen atoms in total. The maximum Gasteiger partial charge on any atom is 0.459 e. The molecule has 2 saturated heterocycles. The van der Waals surface area contributed by atoms with Crippen molar-refractivity contribution in [2.24, 2.45) is 11.8 Å². The maximum atomic E-state index is 13.5. The summed E-state index contributed by atoms with van der Waals surface area (Å²) in [6.45, 7) is 7.48. The van der Waals surface area contributed by atoms with Gasteiger partial charge in [0, 0.05) is 12.5 Å². The molecule has 2 fully saturated rings. The average molecular weight is 452 g/mol. The molecule has 0 radical (unpaired) electrons. The highest BCUT2D eigenvalue weighted by molar-refractivity contribution is 7.52. The first kappa shape index (κ1) is 23.9. The fourth-order valence-corrected chi connectivity index (χ4v) is 5.46. The van der Waals surface area contributed by atoms with E-state index in [0.717, 1.165) is 32.4 Å². The molecule has 31 heavy (non-hydrogen) atoms. The molecule has 5 atom stereocenters. The quantitative estimate of drug-likeness (QED) is 0.381. The van der Waals surface area contributed by atoms with Crippen LogP contribution >= 0.6 is 7.75 Å². The second kappa shape index (κ2) is 10.7. The molecule has 1 aromatic rings. The zero-order chi connectivity index (χ0) is 22.4. The van der Waals surface area contributed by atoms with E-state index in [4.69, 9.17) is 13.8 Å². The van der Waals surface area contributed by atoms with E-state index >= 15 is 0 Å². The molecule has 0 spiro atoms. The van der Waals surface area contributed by atoms with Gasteiger partial charge in [-0.3, -0.25) is 19.0 Å². The largest absolute Gasteiger partial charge is 0.464 e. The van der Waals surface area contributed by atoms with E-state index in [9.17, 15) is 14.2 Å². The van der Waals surface area contributed by atoms with Crippen LogP contribution in [0.25, 0.3) is 0 Å². The number of esters is 1. The van der Waals surface area contributed by atoms with Gasteiger partial charge < -0.3 is 9.26 Å². The molecule has 3 rings (SSSR count). The van der Waals surface area contributed by atoms with Gasteiger partial charge >= 0.3 is 13.7 Å². The molecule has 2 heterocycles. The lowest BCUT2D eigenvalue weighted by atomic mass is 9.99. The van der Waals surface area contributed by atoms with Gasteiger partial charge in [-0.15, -0.1) is 0 Å². The first-order valence-corrected chi connectivity index (χ1v) is 12.6. The Morgan fingerprint density at radius 2 is 1.97 bits per heavy atom. The Morgan fingerprint density at radius 3 is 2.58 bits per heavy atom. The van der Waals surface area contributed by atoms with Gasteiger partial charge in [0.05, 0.1) is 19.3 Å². The van der Waals surface area contributed by atoms with Crippen molar-refractivity contribution in [2.45, 2.75) is 52.1 Å². The zero-order valence-corrected chi connectivity index (χ0v) is 19.4. The number of carbonyl (C=O) groups is 2. The molecule has 2 bridgehead atoms. The van der Waals surface area contributed by atoms with Gasteiger partial charge in [0.1, 0.15) is 11.8 Å². The van der Waals surface area contributed by atoms with Crippen LogP contribution in [0.3, 0.4) is 0 Å². The van der Waals surface area contributed by atoms with Crippen molar-refractivity contribution in [3.05, 3.63) is 30.3 Å². The second-order valence-corrected chi connectivity index (χ2v) is 9.95. The minimum Gasteiger partial charge on any atom is -0.464 e. The second-order valence-electron chi connectivity index (χ2n) is 8.26. The number of hydrogen-bond acceptors (Lipinski definition) is 7. The van der Waals surface area contributed by atoms with E-state index in [0.29, 0.717) is 12.4 Å². The van der Waals surface area contributed by atoms with Gasteiger partial charge in [-0.25, -0.2) is 4.57 Å². The van der Waals surface area contributed by atoms with Crippen molar-refractivity contribution in [1.29, 1.82) is 0 Å². The Labute approximate surface area is 184 Å². The van der Waals surface area contributed by atoms with Gasteiger partial charge in [0.25, 0.3) is 0 Å². The standard InChI is InChI=1S/C22H33N2O6P/c1-4-17(5-2)14-28-22(26)16(3)23-31(27,30-19-9-7-6-8-10-19)29-15-20-21(25)18-11-12-24(20)13-18/h6-10,16-18,20H,4-5,11-15H2,1-3H3,(H,23,27)/t16-,18-,20+,31?/m0/s1. The van der Waals surface area contributed by atoms with Crippen LogP contribution in [-0.2, 0) is 23.4 Å². The first-order valence-electron chi connectivity index (χ1n) is 11.1. The van der Waals surface area contributed by atoms with E-state index in [1.165, 1.54) is 0 Å². The molecule has 1 aromatic carbocycles. The third-order valence-corrected chi connectivity index (χ3v) is 7.73. The summed E-state index contributed by atoms with van der Waals surface area (Å²) in [4.78, 5) is 26.9. The van der Waals surface area contributed by atoms with Crippen LogP contribution in [0.1, 0.15) is 40.0 Å². The van der Waals surface area contributed by atoms with Crippen molar-refractivity contribution >= 4 is 19.5 Å². The van der Waals surface area contributed by atoms with Gasteiger partial charge in [-0.05, 0) is 37.9 Å². The Balaban J connectivity index is 1.64. The van der Waals surface area contributed by atoms with Crippen LogP contribution in [-0.4, -0.2) is 55.0 Å². The molecule has 2 aliphatic heterocycles. The van der Waals surface area contributed by atoms with Crippen LogP contribution in [0.15, 0.2) is 30.3 Å². The average Bonchev–Trinajstić information content (AvgIpc) is 3.35. The van der Waals surface area contributed by atoms with Crippen LogP contribution < -0.4 is 9.61 Å². The van der Waals surface area contributed by atoms with E-state index in [-0.39, 0.29) is 24.2 Å². The van der Waals surface area contributed by atoms with Crippen molar-refractivity contribution in [1.82, 2.24) is 9.99 Å². The summed E-state index contributed by atoms with van der Waals surface area (Å²) in [5.74, 6) is 0.269. The number of ether oxygens (including phenoxy) is 1. The number of para-hydroxylation sites is 1. The molecule has 1 N–H and O–H groups in total. The number of Topliss-reactive ketones (excluding diaryl/α,β-unsaturated/α-hetero) is 1. The zero-order valence-electron chi connectivity index (χ0n) is 18.5. The molecule has 0 aliphatic carbocycles. The Hall–Kier alpha value is -1.73. The lowest BCUT2D eigenvalue weighted by Gasteiger charge is -2.27. The summed E-state index contributed by atoms with van der Waals surface area (Å²) in [7, 11) is -3.94. The molecular formula is C22H33N2O6P. The summed E-state index contributed by atoms with van der Waals surface area (Å²) in [6, 6.07) is 7.28. The molecule has 0 aromatic heterocycles. The summed E-state index contributed by atoms with van der Waals surface area (Å²) < 4.78 is 30.2. The molecule has 9 heteroatoms. The van der Waals surface area contributed by atoms with Crippen LogP contribution in [0, 0.1) is 11.8 Å².